The topological polar surface area (TPSA) is 102 Å². The molecule has 0 radical (unpaired) electrons. The lowest BCUT2D eigenvalue weighted by Gasteiger charge is -2.29. The summed E-state index contributed by atoms with van der Waals surface area (Å²) in [4.78, 5) is 27.7. The summed E-state index contributed by atoms with van der Waals surface area (Å²) in [6.45, 7) is 2.63. The second-order valence-electron chi connectivity index (χ2n) is 8.81. The second-order valence-corrected chi connectivity index (χ2v) is 11.1. The van der Waals surface area contributed by atoms with E-state index < -0.39 is 15.9 Å². The van der Waals surface area contributed by atoms with Crippen LogP contribution in [0.3, 0.4) is 0 Å². The zero-order valence-electron chi connectivity index (χ0n) is 19.7. The molecule has 8 nitrogen and oxygen atoms in total. The zero-order chi connectivity index (χ0) is 24.5. The van der Waals surface area contributed by atoms with Crippen LogP contribution in [-0.2, 0) is 21.2 Å². The van der Waals surface area contributed by atoms with Crippen LogP contribution in [0.1, 0.15) is 53.7 Å². The molecule has 2 amide bonds. The number of amides is 2. The first-order valence-electron chi connectivity index (χ1n) is 11.4. The number of methoxy groups -OCH3 is 1. The van der Waals surface area contributed by atoms with Crippen molar-refractivity contribution in [2.24, 2.45) is 5.92 Å². The smallest absolute Gasteiger partial charge is 0.257 e. The van der Waals surface area contributed by atoms with Gasteiger partial charge in [-0.15, -0.1) is 0 Å². The highest BCUT2D eigenvalue weighted by atomic mass is 32.2. The Morgan fingerprint density at radius 3 is 2.62 bits per heavy atom. The molecule has 2 aliphatic rings. The minimum Gasteiger partial charge on any atom is -0.493 e. The molecule has 1 aliphatic heterocycles. The molecule has 1 atom stereocenters. The van der Waals surface area contributed by atoms with Crippen LogP contribution in [0.2, 0.25) is 0 Å². The third kappa shape index (κ3) is 5.19. The van der Waals surface area contributed by atoms with Crippen molar-refractivity contribution < 1.29 is 27.5 Å². The Hall–Kier alpha value is -3.07. The first-order valence-corrected chi connectivity index (χ1v) is 13.5. The van der Waals surface area contributed by atoms with Gasteiger partial charge in [-0.1, -0.05) is 18.2 Å². The highest BCUT2D eigenvalue weighted by molar-refractivity contribution is 7.90. The third-order valence-electron chi connectivity index (χ3n) is 6.18. The van der Waals surface area contributed by atoms with Crippen molar-refractivity contribution in [2.45, 2.75) is 38.8 Å². The average Bonchev–Trinajstić information content (AvgIpc) is 3.58. The molecule has 1 saturated carbocycles. The molecular formula is C25H30N2O6S. The van der Waals surface area contributed by atoms with Crippen LogP contribution in [0.5, 0.6) is 11.5 Å². The van der Waals surface area contributed by atoms with Crippen molar-refractivity contribution in [1.82, 2.24) is 4.90 Å². The SMILES string of the molecule is CCOc1cc([C@@H](CCS(C)(=O)=O)N2Cc3cccc(NC(=O)C4CC4)c3C2=O)ccc1OC. The summed E-state index contributed by atoms with van der Waals surface area (Å²) in [5, 5.41) is 2.91. The number of ether oxygens (including phenoxy) is 2. The van der Waals surface area contributed by atoms with Gasteiger partial charge in [0.15, 0.2) is 11.5 Å². The molecule has 1 heterocycles. The van der Waals surface area contributed by atoms with E-state index in [9.17, 15) is 18.0 Å². The normalized spacial score (nSPS) is 16.2. The molecule has 0 spiro atoms. The van der Waals surface area contributed by atoms with E-state index in [0.717, 1.165) is 24.0 Å². The molecule has 0 saturated heterocycles. The van der Waals surface area contributed by atoms with Crippen molar-refractivity contribution in [3.05, 3.63) is 53.1 Å². The fourth-order valence-electron chi connectivity index (χ4n) is 4.32. The van der Waals surface area contributed by atoms with Crippen LogP contribution < -0.4 is 14.8 Å². The molecule has 182 valence electrons. The summed E-state index contributed by atoms with van der Waals surface area (Å²) in [7, 11) is -1.70. The van der Waals surface area contributed by atoms with Crippen LogP contribution in [-0.4, -0.2) is 50.9 Å². The number of carbonyl (C=O) groups excluding carboxylic acids is 2. The zero-order valence-corrected chi connectivity index (χ0v) is 20.5. The van der Waals surface area contributed by atoms with Gasteiger partial charge in [0.1, 0.15) is 9.84 Å². The number of sulfone groups is 1. The Morgan fingerprint density at radius 2 is 1.97 bits per heavy atom. The predicted molar refractivity (Wildman–Crippen MR) is 129 cm³/mol. The molecule has 0 aromatic heterocycles. The van der Waals surface area contributed by atoms with Gasteiger partial charge in [-0.2, -0.15) is 0 Å². The lowest BCUT2D eigenvalue weighted by molar-refractivity contribution is -0.117. The predicted octanol–water partition coefficient (Wildman–Crippen LogP) is 3.57. The Balaban J connectivity index is 1.68. The quantitative estimate of drug-likeness (QED) is 0.551. The number of fused-ring (bicyclic) bond motifs is 1. The van der Waals surface area contributed by atoms with Gasteiger partial charge in [0.25, 0.3) is 5.91 Å². The molecule has 4 rings (SSSR count). The Morgan fingerprint density at radius 1 is 1.21 bits per heavy atom. The lowest BCUT2D eigenvalue weighted by atomic mass is 10.0. The highest BCUT2D eigenvalue weighted by Crippen LogP contribution is 2.40. The number of benzene rings is 2. The summed E-state index contributed by atoms with van der Waals surface area (Å²) < 4.78 is 35.1. The maximum absolute atomic E-state index is 13.6. The van der Waals surface area contributed by atoms with Gasteiger partial charge >= 0.3 is 0 Å². The molecule has 1 fully saturated rings. The Labute approximate surface area is 200 Å². The maximum Gasteiger partial charge on any atom is 0.257 e. The summed E-state index contributed by atoms with van der Waals surface area (Å²) in [5.41, 5.74) is 2.55. The fourth-order valence-corrected chi connectivity index (χ4v) is 4.97. The van der Waals surface area contributed by atoms with Gasteiger partial charge in [-0.25, -0.2) is 8.42 Å². The van der Waals surface area contributed by atoms with Crippen LogP contribution >= 0.6 is 0 Å². The lowest BCUT2D eigenvalue weighted by Crippen LogP contribution is -2.31. The first kappa shape index (κ1) is 24.1. The molecule has 9 heteroatoms. The van der Waals surface area contributed by atoms with E-state index in [0.29, 0.717) is 35.9 Å². The number of hydrogen-bond donors (Lipinski definition) is 1. The van der Waals surface area contributed by atoms with E-state index in [4.69, 9.17) is 9.47 Å². The van der Waals surface area contributed by atoms with Gasteiger partial charge in [-0.3, -0.25) is 9.59 Å². The van der Waals surface area contributed by atoms with E-state index in [2.05, 4.69) is 5.32 Å². The van der Waals surface area contributed by atoms with Gasteiger partial charge < -0.3 is 19.7 Å². The van der Waals surface area contributed by atoms with Gasteiger partial charge in [0.05, 0.1) is 36.8 Å². The van der Waals surface area contributed by atoms with Crippen molar-refractivity contribution in [3.8, 4) is 11.5 Å². The van der Waals surface area contributed by atoms with E-state index in [1.165, 1.54) is 6.26 Å². The Bertz CT molecular complexity index is 1210. The molecule has 1 aliphatic carbocycles. The molecular weight excluding hydrogens is 456 g/mol. The summed E-state index contributed by atoms with van der Waals surface area (Å²) in [6, 6.07) is 10.3. The number of nitrogens with zero attached hydrogens (tertiary/aromatic N) is 1. The highest BCUT2D eigenvalue weighted by Gasteiger charge is 2.37. The molecule has 0 unspecified atom stereocenters. The van der Waals surface area contributed by atoms with Crippen molar-refractivity contribution in [3.63, 3.8) is 0 Å². The Kier molecular flexibility index (Phi) is 6.84. The van der Waals surface area contributed by atoms with Crippen molar-refractivity contribution >= 4 is 27.3 Å². The van der Waals surface area contributed by atoms with E-state index in [1.54, 1.807) is 30.2 Å². The number of carbonyl (C=O) groups is 2. The number of hydrogen-bond acceptors (Lipinski definition) is 6. The number of nitrogens with one attached hydrogen (secondary N) is 1. The summed E-state index contributed by atoms with van der Waals surface area (Å²) in [6.07, 6.45) is 3.16. The van der Waals surface area contributed by atoms with E-state index in [1.807, 2.05) is 25.1 Å². The monoisotopic (exact) mass is 486 g/mol. The summed E-state index contributed by atoms with van der Waals surface area (Å²) in [5.74, 6) is 0.752. The van der Waals surface area contributed by atoms with Crippen LogP contribution in [0.25, 0.3) is 0 Å². The standard InChI is InChI=1S/C25H30N2O6S/c1-4-33-22-14-17(10-11-21(22)32-2)20(12-13-34(3,30)31)27-15-18-6-5-7-19(23(18)25(27)29)26-24(28)16-8-9-16/h5-7,10-11,14,16,20H,4,8-9,12-13,15H2,1-3H3,(H,26,28)/t20-/m1/s1. The molecule has 0 bridgehead atoms. The maximum atomic E-state index is 13.6. The first-order chi connectivity index (χ1) is 16.2. The van der Waals surface area contributed by atoms with Crippen LogP contribution in [0.4, 0.5) is 5.69 Å². The van der Waals surface area contributed by atoms with Crippen molar-refractivity contribution in [2.75, 3.05) is 31.0 Å². The van der Waals surface area contributed by atoms with Gasteiger partial charge in [-0.05, 0) is 55.5 Å². The van der Waals surface area contributed by atoms with Gasteiger partial charge in [0, 0.05) is 18.7 Å². The fraction of sp³-hybridized carbons (Fsp3) is 0.440. The average molecular weight is 487 g/mol. The largest absolute Gasteiger partial charge is 0.493 e. The molecule has 34 heavy (non-hydrogen) atoms. The van der Waals surface area contributed by atoms with Crippen LogP contribution in [0, 0.1) is 5.92 Å². The van der Waals surface area contributed by atoms with Gasteiger partial charge in [0.2, 0.25) is 5.91 Å². The minimum absolute atomic E-state index is 0.0160. The third-order valence-corrected chi connectivity index (χ3v) is 7.16. The van der Waals surface area contributed by atoms with E-state index >= 15 is 0 Å². The molecule has 2 aromatic carbocycles. The number of rotatable bonds is 10. The summed E-state index contributed by atoms with van der Waals surface area (Å²) >= 11 is 0. The van der Waals surface area contributed by atoms with Crippen LogP contribution in [0.15, 0.2) is 36.4 Å². The molecule has 1 N–H and O–H groups in total. The molecule has 2 aromatic rings. The van der Waals surface area contributed by atoms with E-state index in [-0.39, 0.29) is 29.9 Å². The number of anilines is 1. The second kappa shape index (κ2) is 9.66. The van der Waals surface area contributed by atoms with Crippen molar-refractivity contribution in [1.29, 1.82) is 0 Å². The minimum atomic E-state index is -3.25.